The van der Waals surface area contributed by atoms with Gasteiger partial charge < -0.3 is 10.6 Å². The number of nitrogens with one attached hydrogen (secondary N) is 2. The molecule has 0 bridgehead atoms. The number of benzene rings is 2. The molecule has 2 aromatic rings. The molecule has 0 unspecified atom stereocenters. The molecule has 3 rings (SSSR count). The van der Waals surface area contributed by atoms with Crippen molar-refractivity contribution in [2.24, 2.45) is 0 Å². The van der Waals surface area contributed by atoms with Crippen LogP contribution in [0.3, 0.4) is 0 Å². The van der Waals surface area contributed by atoms with E-state index in [9.17, 15) is 4.79 Å². The topological polar surface area (TPSA) is 41.1 Å². The molecule has 3 nitrogen and oxygen atoms in total. The third-order valence-corrected chi connectivity index (χ3v) is 5.27. The third kappa shape index (κ3) is 5.02. The smallest absolute Gasteiger partial charge is 0.251 e. The second-order valence-corrected chi connectivity index (χ2v) is 7.11. The molecule has 0 aromatic heterocycles. The number of carbonyl (C=O) groups excluding carboxylic acids is 1. The van der Waals surface area contributed by atoms with E-state index in [0.717, 1.165) is 25.1 Å². The Morgan fingerprint density at radius 2 is 1.76 bits per heavy atom. The number of rotatable bonds is 3. The van der Waals surface area contributed by atoms with Gasteiger partial charge >= 0.3 is 0 Å². The van der Waals surface area contributed by atoms with Crippen molar-refractivity contribution >= 4 is 53.1 Å². The average molecular weight is 420 g/mol. The molecule has 0 spiro atoms. The summed E-state index contributed by atoms with van der Waals surface area (Å²) in [6, 6.07) is 12.6. The van der Waals surface area contributed by atoms with Gasteiger partial charge in [0.05, 0.1) is 10.0 Å². The van der Waals surface area contributed by atoms with Gasteiger partial charge in [-0.05, 0) is 54.9 Å². The average Bonchev–Trinajstić information content (AvgIpc) is 2.58. The van der Waals surface area contributed by atoms with Gasteiger partial charge in [0, 0.05) is 29.1 Å². The number of halogens is 4. The van der Waals surface area contributed by atoms with Crippen LogP contribution in [0, 0.1) is 0 Å². The Morgan fingerprint density at radius 3 is 2.44 bits per heavy atom. The highest BCUT2D eigenvalue weighted by Gasteiger charge is 2.28. The Bertz CT molecular complexity index is 736. The van der Waals surface area contributed by atoms with E-state index in [1.165, 1.54) is 0 Å². The first-order chi connectivity index (χ1) is 11.5. The van der Waals surface area contributed by atoms with E-state index in [4.69, 9.17) is 34.8 Å². The first-order valence-corrected chi connectivity index (χ1v) is 8.90. The van der Waals surface area contributed by atoms with E-state index in [0.29, 0.717) is 20.6 Å². The Hall–Kier alpha value is -0.970. The maximum Gasteiger partial charge on any atom is 0.251 e. The largest absolute Gasteiger partial charge is 0.349 e. The van der Waals surface area contributed by atoms with Crippen molar-refractivity contribution in [3.63, 3.8) is 0 Å². The Morgan fingerprint density at radius 1 is 1.04 bits per heavy atom. The first kappa shape index (κ1) is 20.3. The number of amides is 1. The summed E-state index contributed by atoms with van der Waals surface area (Å²) in [5.74, 6) is 0.0494. The van der Waals surface area contributed by atoms with Crippen molar-refractivity contribution in [3.8, 4) is 0 Å². The molecule has 1 heterocycles. The molecule has 0 aliphatic carbocycles. The molecule has 2 aromatic carbocycles. The molecule has 1 aliphatic rings. The van der Waals surface area contributed by atoms with Gasteiger partial charge in [-0.3, -0.25) is 4.79 Å². The Kier molecular flexibility index (Phi) is 7.41. The van der Waals surface area contributed by atoms with Crippen molar-refractivity contribution in [1.29, 1.82) is 0 Å². The van der Waals surface area contributed by atoms with Gasteiger partial charge in [-0.25, -0.2) is 0 Å². The number of piperidine rings is 1. The summed E-state index contributed by atoms with van der Waals surface area (Å²) in [5.41, 5.74) is 1.67. The van der Waals surface area contributed by atoms with Crippen molar-refractivity contribution in [3.05, 3.63) is 68.7 Å². The van der Waals surface area contributed by atoms with Gasteiger partial charge in [0.2, 0.25) is 0 Å². The maximum absolute atomic E-state index is 12.5. The second kappa shape index (κ2) is 9.11. The lowest BCUT2D eigenvalue weighted by atomic mass is 9.86. The summed E-state index contributed by atoms with van der Waals surface area (Å²) in [7, 11) is 0. The lowest BCUT2D eigenvalue weighted by molar-refractivity contribution is 0.0923. The lowest BCUT2D eigenvalue weighted by Gasteiger charge is -2.33. The number of hydrogen-bond donors (Lipinski definition) is 2. The molecule has 0 saturated carbocycles. The molecule has 7 heteroatoms. The molecule has 1 saturated heterocycles. The van der Waals surface area contributed by atoms with Gasteiger partial charge in [0.25, 0.3) is 5.91 Å². The zero-order valence-corrected chi connectivity index (χ0v) is 16.4. The first-order valence-electron chi connectivity index (χ1n) is 7.76. The fourth-order valence-electron chi connectivity index (χ4n) is 2.98. The van der Waals surface area contributed by atoms with E-state index >= 15 is 0 Å². The van der Waals surface area contributed by atoms with Crippen LogP contribution in [0.25, 0.3) is 0 Å². The van der Waals surface area contributed by atoms with Crippen LogP contribution >= 0.6 is 47.2 Å². The molecule has 134 valence electrons. The second-order valence-electron chi connectivity index (χ2n) is 5.86. The van der Waals surface area contributed by atoms with Crippen LogP contribution in [0.2, 0.25) is 15.1 Å². The van der Waals surface area contributed by atoms with Gasteiger partial charge in [-0.15, -0.1) is 12.4 Å². The summed E-state index contributed by atoms with van der Waals surface area (Å²) in [5, 5.41) is 8.19. The van der Waals surface area contributed by atoms with E-state index in [1.54, 1.807) is 30.3 Å². The minimum absolute atomic E-state index is 0. The Labute approximate surface area is 168 Å². The molecule has 1 fully saturated rings. The van der Waals surface area contributed by atoms with Crippen LogP contribution in [-0.2, 0) is 0 Å². The van der Waals surface area contributed by atoms with Gasteiger partial charge in [0.1, 0.15) is 0 Å². The number of hydrogen-bond acceptors (Lipinski definition) is 2. The monoisotopic (exact) mass is 418 g/mol. The molecule has 1 aliphatic heterocycles. The van der Waals surface area contributed by atoms with E-state index in [1.807, 2.05) is 12.1 Å². The van der Waals surface area contributed by atoms with E-state index in [2.05, 4.69) is 10.6 Å². The zero-order chi connectivity index (χ0) is 17.1. The fourth-order valence-corrected chi connectivity index (χ4v) is 3.41. The highest BCUT2D eigenvalue weighted by molar-refractivity contribution is 6.42. The molecule has 25 heavy (non-hydrogen) atoms. The minimum atomic E-state index is -0.0939. The minimum Gasteiger partial charge on any atom is -0.349 e. The van der Waals surface area contributed by atoms with Gasteiger partial charge in [-0.1, -0.05) is 40.9 Å². The maximum atomic E-state index is 12.5. The molecular formula is C18H18Cl4N2O. The predicted octanol–water partition coefficient (Wildman–Crippen LogP) is 4.94. The highest BCUT2D eigenvalue weighted by atomic mass is 35.5. The SMILES string of the molecule is Cl.O=C(N[C@H]1CCNC[C@H]1c1ccc(Cl)c(Cl)c1)c1ccc(Cl)cc1. The van der Waals surface area contributed by atoms with Crippen molar-refractivity contribution < 1.29 is 4.79 Å². The third-order valence-electron chi connectivity index (χ3n) is 4.28. The summed E-state index contributed by atoms with van der Waals surface area (Å²) in [4.78, 5) is 12.5. The van der Waals surface area contributed by atoms with Gasteiger partial charge in [-0.2, -0.15) is 0 Å². The van der Waals surface area contributed by atoms with Gasteiger partial charge in [0.15, 0.2) is 0 Å². The molecule has 2 atom stereocenters. The van der Waals surface area contributed by atoms with Crippen molar-refractivity contribution in [2.45, 2.75) is 18.4 Å². The molecule has 2 N–H and O–H groups in total. The van der Waals surface area contributed by atoms with Crippen LogP contribution in [0.4, 0.5) is 0 Å². The van der Waals surface area contributed by atoms with Crippen LogP contribution in [0.5, 0.6) is 0 Å². The van der Waals surface area contributed by atoms with E-state index < -0.39 is 0 Å². The summed E-state index contributed by atoms with van der Waals surface area (Å²) in [6.45, 7) is 1.65. The van der Waals surface area contributed by atoms with Crippen LogP contribution in [0.1, 0.15) is 28.3 Å². The molecular weight excluding hydrogens is 402 g/mol. The standard InChI is InChI=1S/C18H17Cl3N2O.ClH/c19-13-4-1-11(2-5-13)18(24)23-17-7-8-22-10-14(17)12-3-6-15(20)16(21)9-12;/h1-6,9,14,17,22H,7-8,10H2,(H,23,24);1H/t14-,17-;/m0./s1. The summed E-state index contributed by atoms with van der Waals surface area (Å²) < 4.78 is 0. The molecule has 1 amide bonds. The summed E-state index contributed by atoms with van der Waals surface area (Å²) in [6.07, 6.45) is 0.851. The van der Waals surface area contributed by atoms with E-state index in [-0.39, 0.29) is 30.3 Å². The fraction of sp³-hybridized carbons (Fsp3) is 0.278. The molecule has 0 radical (unpaired) electrons. The number of carbonyl (C=O) groups is 1. The zero-order valence-electron chi connectivity index (χ0n) is 13.3. The van der Waals surface area contributed by atoms with Crippen LogP contribution in [0.15, 0.2) is 42.5 Å². The highest BCUT2D eigenvalue weighted by Crippen LogP contribution is 2.30. The summed E-state index contributed by atoms with van der Waals surface area (Å²) >= 11 is 18.0. The van der Waals surface area contributed by atoms with Crippen LogP contribution < -0.4 is 10.6 Å². The normalized spacial score (nSPS) is 19.8. The van der Waals surface area contributed by atoms with Crippen LogP contribution in [-0.4, -0.2) is 25.0 Å². The Balaban J connectivity index is 0.00000225. The predicted molar refractivity (Wildman–Crippen MR) is 107 cm³/mol. The lowest BCUT2D eigenvalue weighted by Crippen LogP contribution is -2.48. The quantitative estimate of drug-likeness (QED) is 0.739. The van der Waals surface area contributed by atoms with Crippen molar-refractivity contribution in [2.75, 3.05) is 13.1 Å². The van der Waals surface area contributed by atoms with Crippen molar-refractivity contribution in [1.82, 2.24) is 10.6 Å².